The van der Waals surface area contributed by atoms with Crippen LogP contribution in [0.4, 0.5) is 0 Å². The molecular formula is C14H14N2. The molecular weight excluding hydrogens is 196 g/mol. The smallest absolute Gasteiger partial charge is 0.0701 e. The van der Waals surface area contributed by atoms with Crippen LogP contribution in [-0.2, 0) is 0 Å². The van der Waals surface area contributed by atoms with Gasteiger partial charge in [-0.25, -0.2) is 0 Å². The second-order valence-electron chi connectivity index (χ2n) is 3.40. The highest BCUT2D eigenvalue weighted by Gasteiger charge is 1.86. The van der Waals surface area contributed by atoms with Gasteiger partial charge in [-0.3, -0.25) is 4.98 Å². The molecule has 1 N–H and O–H groups in total. The zero-order chi connectivity index (χ0) is 11.1. The van der Waals surface area contributed by atoms with Crippen molar-refractivity contribution < 1.29 is 0 Å². The molecule has 0 saturated heterocycles. The van der Waals surface area contributed by atoms with Gasteiger partial charge in [0.2, 0.25) is 0 Å². The number of aromatic nitrogens is 1. The molecule has 16 heavy (non-hydrogen) atoms. The number of hydrogen-bond acceptors (Lipinski definition) is 2. The summed E-state index contributed by atoms with van der Waals surface area (Å²) in [6, 6.07) is 12.1. The highest BCUT2D eigenvalue weighted by Crippen LogP contribution is 2.07. The molecule has 2 aromatic rings. The molecule has 3 rings (SSSR count). The van der Waals surface area contributed by atoms with Gasteiger partial charge in [0.15, 0.2) is 0 Å². The van der Waals surface area contributed by atoms with E-state index >= 15 is 0 Å². The van der Waals surface area contributed by atoms with Gasteiger partial charge in [0.25, 0.3) is 0 Å². The van der Waals surface area contributed by atoms with Crippen LogP contribution in [0, 0.1) is 0 Å². The standard InChI is InChI=1S/C9H7N.C5H7N/c1-2-6-9-8(4-1)5-3-7-10-9;1-2-4-6-5-3-1/h1-7H;2-6H,1H2. The first-order chi connectivity index (χ1) is 7.97. The Morgan fingerprint density at radius 2 is 1.69 bits per heavy atom. The largest absolute Gasteiger partial charge is 0.368 e. The summed E-state index contributed by atoms with van der Waals surface area (Å²) in [6.07, 6.45) is 10.9. The minimum atomic E-state index is 1.06. The molecule has 0 aliphatic carbocycles. The molecule has 0 bridgehead atoms. The third-order valence-corrected chi connectivity index (χ3v) is 2.21. The highest BCUT2D eigenvalue weighted by atomic mass is 14.8. The predicted octanol–water partition coefficient (Wildman–Crippen LogP) is 3.24. The number of benzene rings is 1. The monoisotopic (exact) mass is 210 g/mol. The Morgan fingerprint density at radius 3 is 2.31 bits per heavy atom. The van der Waals surface area contributed by atoms with Crippen LogP contribution in [0.25, 0.3) is 10.9 Å². The van der Waals surface area contributed by atoms with Crippen LogP contribution >= 0.6 is 0 Å². The molecule has 0 atom stereocenters. The highest BCUT2D eigenvalue weighted by molar-refractivity contribution is 5.77. The van der Waals surface area contributed by atoms with Crippen LogP contribution in [-0.4, -0.2) is 4.98 Å². The summed E-state index contributed by atoms with van der Waals surface area (Å²) in [6.45, 7) is 0. The molecule has 0 spiro atoms. The Kier molecular flexibility index (Phi) is 3.72. The van der Waals surface area contributed by atoms with Crippen molar-refractivity contribution in [3.63, 3.8) is 0 Å². The lowest BCUT2D eigenvalue weighted by atomic mass is 10.2. The van der Waals surface area contributed by atoms with Crippen molar-refractivity contribution in [3.05, 3.63) is 67.1 Å². The summed E-state index contributed by atoms with van der Waals surface area (Å²) in [7, 11) is 0. The van der Waals surface area contributed by atoms with Gasteiger partial charge < -0.3 is 5.32 Å². The Morgan fingerprint density at radius 1 is 0.938 bits per heavy atom. The van der Waals surface area contributed by atoms with Gasteiger partial charge in [-0.2, -0.15) is 0 Å². The zero-order valence-electron chi connectivity index (χ0n) is 9.01. The van der Waals surface area contributed by atoms with Crippen LogP contribution < -0.4 is 5.32 Å². The lowest BCUT2D eigenvalue weighted by molar-refractivity contribution is 1.11. The molecule has 2 heteroatoms. The van der Waals surface area contributed by atoms with Gasteiger partial charge in [-0.05, 0) is 31.0 Å². The molecule has 0 unspecified atom stereocenters. The molecule has 80 valence electrons. The van der Waals surface area contributed by atoms with Crippen LogP contribution in [0.1, 0.15) is 6.42 Å². The Labute approximate surface area is 95.3 Å². The van der Waals surface area contributed by atoms with Crippen molar-refractivity contribution in [2.75, 3.05) is 0 Å². The van der Waals surface area contributed by atoms with E-state index in [0.29, 0.717) is 0 Å². The molecule has 1 aromatic heterocycles. The summed E-state index contributed by atoms with van der Waals surface area (Å²) in [5.74, 6) is 0. The fraction of sp³-hybridized carbons (Fsp3) is 0.0714. The van der Waals surface area contributed by atoms with Crippen molar-refractivity contribution in [1.82, 2.24) is 10.3 Å². The quantitative estimate of drug-likeness (QED) is 0.722. The van der Waals surface area contributed by atoms with Crippen molar-refractivity contribution in [3.8, 4) is 0 Å². The van der Waals surface area contributed by atoms with Crippen molar-refractivity contribution in [1.29, 1.82) is 0 Å². The van der Waals surface area contributed by atoms with Crippen LogP contribution in [0.5, 0.6) is 0 Å². The molecule has 0 saturated carbocycles. The van der Waals surface area contributed by atoms with E-state index in [1.54, 1.807) is 0 Å². The number of rotatable bonds is 0. The average molecular weight is 210 g/mol. The summed E-state index contributed by atoms with van der Waals surface area (Å²) in [5.41, 5.74) is 1.06. The molecule has 1 aliphatic rings. The minimum absolute atomic E-state index is 1.06. The van der Waals surface area contributed by atoms with Crippen molar-refractivity contribution in [2.45, 2.75) is 6.42 Å². The second kappa shape index (κ2) is 5.71. The molecule has 0 radical (unpaired) electrons. The zero-order valence-corrected chi connectivity index (χ0v) is 9.01. The van der Waals surface area contributed by atoms with Gasteiger partial charge in [-0.15, -0.1) is 0 Å². The summed E-state index contributed by atoms with van der Waals surface area (Å²) < 4.78 is 0. The Balaban J connectivity index is 0.000000138. The molecule has 1 aliphatic heterocycles. The van der Waals surface area contributed by atoms with E-state index in [4.69, 9.17) is 0 Å². The van der Waals surface area contributed by atoms with E-state index in [1.807, 2.05) is 42.9 Å². The predicted molar refractivity (Wildman–Crippen MR) is 67.8 cm³/mol. The van der Waals surface area contributed by atoms with E-state index in [-0.39, 0.29) is 0 Å². The number of para-hydroxylation sites is 1. The fourth-order valence-corrected chi connectivity index (χ4v) is 1.42. The van der Waals surface area contributed by atoms with Crippen LogP contribution in [0.3, 0.4) is 0 Å². The SMILES string of the molecule is C1=CNC=CC1.c1ccc2ncccc2c1. The number of allylic oxidation sites excluding steroid dienone is 2. The number of hydrogen-bond donors (Lipinski definition) is 1. The van der Waals surface area contributed by atoms with Gasteiger partial charge >= 0.3 is 0 Å². The van der Waals surface area contributed by atoms with E-state index < -0.39 is 0 Å². The van der Waals surface area contributed by atoms with E-state index in [0.717, 1.165) is 11.9 Å². The summed E-state index contributed by atoms with van der Waals surface area (Å²) in [5, 5.41) is 4.12. The fourth-order valence-electron chi connectivity index (χ4n) is 1.42. The number of pyridine rings is 1. The number of nitrogens with one attached hydrogen (secondary N) is 1. The topological polar surface area (TPSA) is 24.9 Å². The molecule has 2 nitrogen and oxygen atoms in total. The first-order valence-electron chi connectivity index (χ1n) is 5.33. The summed E-state index contributed by atoms with van der Waals surface area (Å²) >= 11 is 0. The van der Waals surface area contributed by atoms with Gasteiger partial charge in [0.05, 0.1) is 5.52 Å². The second-order valence-corrected chi connectivity index (χ2v) is 3.40. The maximum Gasteiger partial charge on any atom is 0.0701 e. The van der Waals surface area contributed by atoms with E-state index in [1.165, 1.54) is 5.39 Å². The lowest BCUT2D eigenvalue weighted by Crippen LogP contribution is -1.93. The van der Waals surface area contributed by atoms with Gasteiger partial charge in [0.1, 0.15) is 0 Å². The van der Waals surface area contributed by atoms with Crippen LogP contribution in [0.2, 0.25) is 0 Å². The molecule has 1 aromatic carbocycles. The van der Waals surface area contributed by atoms with E-state index in [9.17, 15) is 0 Å². The van der Waals surface area contributed by atoms with E-state index in [2.05, 4.69) is 34.6 Å². The van der Waals surface area contributed by atoms with Gasteiger partial charge in [0, 0.05) is 11.6 Å². The number of nitrogens with zero attached hydrogens (tertiary/aromatic N) is 1. The van der Waals surface area contributed by atoms with Crippen LogP contribution in [0.15, 0.2) is 67.1 Å². The molecule has 2 heterocycles. The molecule has 0 amide bonds. The first-order valence-corrected chi connectivity index (χ1v) is 5.33. The average Bonchev–Trinajstić information content (AvgIpc) is 2.42. The third-order valence-electron chi connectivity index (χ3n) is 2.21. The third kappa shape index (κ3) is 2.95. The van der Waals surface area contributed by atoms with Gasteiger partial charge in [-0.1, -0.05) is 36.4 Å². The van der Waals surface area contributed by atoms with Crippen molar-refractivity contribution in [2.24, 2.45) is 0 Å². The number of dihydropyridines is 1. The number of fused-ring (bicyclic) bond motifs is 1. The molecule has 0 fully saturated rings. The first kappa shape index (κ1) is 10.4. The summed E-state index contributed by atoms with van der Waals surface area (Å²) in [4.78, 5) is 4.18. The Bertz CT molecular complexity index is 415. The van der Waals surface area contributed by atoms with Crippen molar-refractivity contribution >= 4 is 10.9 Å². The minimum Gasteiger partial charge on any atom is -0.368 e. The maximum absolute atomic E-state index is 4.18. The normalized spacial score (nSPS) is 12.8. The lowest BCUT2D eigenvalue weighted by Gasteiger charge is -1.92. The Hall–Kier alpha value is -2.09. The maximum atomic E-state index is 4.18.